The van der Waals surface area contributed by atoms with Gasteiger partial charge in [0.15, 0.2) is 0 Å². The van der Waals surface area contributed by atoms with Gasteiger partial charge in [-0.15, -0.1) is 11.3 Å². The molecule has 2 rings (SSSR count). The van der Waals surface area contributed by atoms with Crippen LogP contribution in [0.5, 0.6) is 5.75 Å². The topological polar surface area (TPSA) is 41.6 Å². The highest BCUT2D eigenvalue weighted by Crippen LogP contribution is 2.32. The zero-order valence-electron chi connectivity index (χ0n) is 11.5. The van der Waals surface area contributed by atoms with E-state index in [0.717, 1.165) is 17.8 Å². The van der Waals surface area contributed by atoms with Gasteiger partial charge in [-0.05, 0) is 38.9 Å². The van der Waals surface area contributed by atoms with E-state index in [4.69, 9.17) is 0 Å². The molecule has 0 aliphatic carbocycles. The second kappa shape index (κ2) is 6.49. The summed E-state index contributed by atoms with van der Waals surface area (Å²) in [6, 6.07) is 1.49. The van der Waals surface area contributed by atoms with Crippen molar-refractivity contribution >= 4 is 17.2 Å². The van der Waals surface area contributed by atoms with E-state index in [0.29, 0.717) is 19.0 Å². The Labute approximate surface area is 120 Å². The fraction of sp³-hybridized carbons (Fsp3) is 0.615. The Bertz CT molecular complexity index is 479. The third-order valence-electron chi connectivity index (χ3n) is 3.30. The van der Waals surface area contributed by atoms with Crippen LogP contribution in [0, 0.1) is 12.8 Å². The number of amides is 1. The van der Waals surface area contributed by atoms with E-state index in [9.17, 15) is 13.6 Å². The minimum atomic E-state index is -2.91. The second-order valence-electron chi connectivity index (χ2n) is 4.89. The highest BCUT2D eigenvalue weighted by molar-refractivity contribution is 7.14. The predicted molar refractivity (Wildman–Crippen MR) is 73.6 cm³/mol. The summed E-state index contributed by atoms with van der Waals surface area (Å²) in [5.74, 6) is 0.200. The van der Waals surface area contributed by atoms with Crippen molar-refractivity contribution in [3.05, 3.63) is 15.8 Å². The van der Waals surface area contributed by atoms with Crippen molar-refractivity contribution in [2.24, 2.45) is 5.92 Å². The molecule has 0 saturated carbocycles. The molecule has 1 aromatic heterocycles. The van der Waals surface area contributed by atoms with Crippen LogP contribution in [0.2, 0.25) is 0 Å². The molecule has 1 fully saturated rings. The second-order valence-corrected chi connectivity index (χ2v) is 6.15. The molecular formula is C13H18F2N2O2S. The van der Waals surface area contributed by atoms with Gasteiger partial charge >= 0.3 is 6.61 Å². The fourth-order valence-corrected chi connectivity index (χ4v) is 3.35. The minimum absolute atomic E-state index is 0.00966. The zero-order valence-corrected chi connectivity index (χ0v) is 12.3. The number of alkyl halides is 2. The lowest BCUT2D eigenvalue weighted by Crippen LogP contribution is -2.30. The van der Waals surface area contributed by atoms with E-state index >= 15 is 0 Å². The highest BCUT2D eigenvalue weighted by Gasteiger charge is 2.29. The first kappa shape index (κ1) is 15.2. The van der Waals surface area contributed by atoms with Crippen molar-refractivity contribution in [3.63, 3.8) is 0 Å². The lowest BCUT2D eigenvalue weighted by molar-refractivity contribution is -0.0499. The maximum Gasteiger partial charge on any atom is 0.387 e. The van der Waals surface area contributed by atoms with E-state index < -0.39 is 6.61 Å². The van der Waals surface area contributed by atoms with Crippen LogP contribution in [0.3, 0.4) is 0 Å². The van der Waals surface area contributed by atoms with E-state index in [1.165, 1.54) is 17.4 Å². The Morgan fingerprint density at radius 3 is 3.05 bits per heavy atom. The van der Waals surface area contributed by atoms with Gasteiger partial charge < -0.3 is 15.0 Å². The van der Waals surface area contributed by atoms with Crippen LogP contribution in [-0.2, 0) is 0 Å². The Hall–Kier alpha value is -1.21. The Balaban J connectivity index is 2.09. The summed E-state index contributed by atoms with van der Waals surface area (Å²) in [4.78, 5) is 15.2. The fourth-order valence-electron chi connectivity index (χ4n) is 2.44. The molecule has 0 radical (unpaired) electrons. The third kappa shape index (κ3) is 3.46. The van der Waals surface area contributed by atoms with Crippen LogP contribution in [0.25, 0.3) is 0 Å². The average Bonchev–Trinajstić information content (AvgIpc) is 2.95. The lowest BCUT2D eigenvalue weighted by atomic mass is 10.1. The number of nitrogens with one attached hydrogen (secondary N) is 1. The smallest absolute Gasteiger partial charge is 0.387 e. The van der Waals surface area contributed by atoms with Gasteiger partial charge in [0.1, 0.15) is 10.6 Å². The largest absolute Gasteiger partial charge is 0.433 e. The minimum Gasteiger partial charge on any atom is -0.433 e. The SMILES string of the molecule is CNCC1CCN(C(=O)c2sc(C)cc2OC(F)F)C1. The average molecular weight is 304 g/mol. The number of hydrogen-bond donors (Lipinski definition) is 1. The van der Waals surface area contributed by atoms with Crippen molar-refractivity contribution in [2.45, 2.75) is 20.0 Å². The third-order valence-corrected chi connectivity index (χ3v) is 4.32. The molecule has 0 spiro atoms. The van der Waals surface area contributed by atoms with Gasteiger partial charge in [0.25, 0.3) is 5.91 Å². The molecule has 1 atom stereocenters. The quantitative estimate of drug-likeness (QED) is 0.908. The molecule has 1 aliphatic rings. The number of rotatable bonds is 5. The first-order valence-electron chi connectivity index (χ1n) is 6.50. The van der Waals surface area contributed by atoms with E-state index in [2.05, 4.69) is 10.1 Å². The summed E-state index contributed by atoms with van der Waals surface area (Å²) in [6.07, 6.45) is 0.933. The Morgan fingerprint density at radius 2 is 2.40 bits per heavy atom. The molecule has 1 aliphatic heterocycles. The maximum absolute atomic E-state index is 12.4. The molecule has 0 aromatic carbocycles. The standard InChI is InChI=1S/C13H18F2N2O2S/c1-8-5-10(19-13(14)15)11(20-8)12(18)17-4-3-9(7-17)6-16-2/h5,9,13,16H,3-4,6-7H2,1-2H3. The molecule has 2 heterocycles. The predicted octanol–water partition coefficient (Wildman–Crippen LogP) is 2.34. The van der Waals surface area contributed by atoms with Crippen LogP contribution in [0.15, 0.2) is 6.07 Å². The molecule has 7 heteroatoms. The molecule has 0 bridgehead atoms. The molecule has 1 aromatic rings. The van der Waals surface area contributed by atoms with Crippen molar-refractivity contribution in [1.29, 1.82) is 0 Å². The van der Waals surface area contributed by atoms with Crippen LogP contribution in [0.4, 0.5) is 8.78 Å². The molecule has 1 amide bonds. The number of ether oxygens (including phenoxy) is 1. The van der Waals surface area contributed by atoms with E-state index in [-0.39, 0.29) is 16.5 Å². The van der Waals surface area contributed by atoms with Crippen molar-refractivity contribution in [2.75, 3.05) is 26.7 Å². The summed E-state index contributed by atoms with van der Waals surface area (Å²) in [5.41, 5.74) is 0. The molecule has 4 nitrogen and oxygen atoms in total. The molecule has 1 saturated heterocycles. The highest BCUT2D eigenvalue weighted by atomic mass is 32.1. The van der Waals surface area contributed by atoms with Gasteiger partial charge in [0, 0.05) is 18.0 Å². The number of likely N-dealkylation sites (tertiary alicyclic amines) is 1. The van der Waals surface area contributed by atoms with Gasteiger partial charge in [-0.25, -0.2) is 0 Å². The van der Waals surface area contributed by atoms with Gasteiger partial charge in [-0.3, -0.25) is 4.79 Å². The van der Waals surface area contributed by atoms with E-state index in [1.54, 1.807) is 11.8 Å². The first-order valence-corrected chi connectivity index (χ1v) is 7.32. The number of nitrogens with zero attached hydrogens (tertiary/aromatic N) is 1. The van der Waals surface area contributed by atoms with Crippen LogP contribution in [-0.4, -0.2) is 44.1 Å². The number of hydrogen-bond acceptors (Lipinski definition) is 4. The number of carbonyl (C=O) groups excluding carboxylic acids is 1. The Morgan fingerprint density at radius 1 is 1.65 bits per heavy atom. The molecular weight excluding hydrogens is 286 g/mol. The summed E-state index contributed by atoms with van der Waals surface area (Å²) < 4.78 is 29.2. The lowest BCUT2D eigenvalue weighted by Gasteiger charge is -2.16. The number of thiophene rings is 1. The molecule has 112 valence electrons. The van der Waals surface area contributed by atoms with Gasteiger partial charge in [-0.1, -0.05) is 0 Å². The number of aryl methyl sites for hydroxylation is 1. The summed E-state index contributed by atoms with van der Waals surface area (Å²) in [7, 11) is 1.88. The van der Waals surface area contributed by atoms with Gasteiger partial charge in [-0.2, -0.15) is 8.78 Å². The first-order chi connectivity index (χ1) is 9.51. The Kier molecular flexibility index (Phi) is 4.93. The summed E-state index contributed by atoms with van der Waals surface area (Å²) in [6.45, 7) is 1.04. The van der Waals surface area contributed by atoms with Gasteiger partial charge in [0.05, 0.1) is 0 Å². The van der Waals surface area contributed by atoms with E-state index in [1.807, 2.05) is 7.05 Å². The zero-order chi connectivity index (χ0) is 14.7. The summed E-state index contributed by atoms with van der Waals surface area (Å²) >= 11 is 1.20. The molecule has 1 unspecified atom stereocenters. The van der Waals surface area contributed by atoms with Crippen molar-refractivity contribution in [3.8, 4) is 5.75 Å². The van der Waals surface area contributed by atoms with Crippen LogP contribution >= 0.6 is 11.3 Å². The normalized spacial score (nSPS) is 18.9. The van der Waals surface area contributed by atoms with Gasteiger partial charge in [0.2, 0.25) is 0 Å². The number of halogens is 2. The van der Waals surface area contributed by atoms with Crippen LogP contribution < -0.4 is 10.1 Å². The monoisotopic (exact) mass is 304 g/mol. The number of carbonyl (C=O) groups is 1. The van der Waals surface area contributed by atoms with Crippen molar-refractivity contribution in [1.82, 2.24) is 10.2 Å². The summed E-state index contributed by atoms with van der Waals surface area (Å²) in [5, 5.41) is 3.09. The maximum atomic E-state index is 12.4. The molecule has 20 heavy (non-hydrogen) atoms. The molecule has 1 N–H and O–H groups in total. The van der Waals surface area contributed by atoms with Crippen LogP contribution in [0.1, 0.15) is 21.0 Å². The van der Waals surface area contributed by atoms with Crippen molar-refractivity contribution < 1.29 is 18.3 Å².